The number of nitrogens with two attached hydrogens (primary N) is 1. The zero-order valence-corrected chi connectivity index (χ0v) is 26.7. The van der Waals surface area contributed by atoms with Gasteiger partial charge in [0.15, 0.2) is 0 Å². The number of fused-ring (bicyclic) bond motifs is 2. The van der Waals surface area contributed by atoms with Crippen LogP contribution < -0.4 is 5.73 Å². The summed E-state index contributed by atoms with van der Waals surface area (Å²) in [6.45, 7) is 0. The normalized spacial score (nSPS) is 11.0. The fraction of sp³-hybridized carbons (Fsp3) is 0.0476. The molecule has 6 aromatic carbocycles. The van der Waals surface area contributed by atoms with Gasteiger partial charge in [-0.15, -0.1) is 0 Å². The van der Waals surface area contributed by atoms with Crippen molar-refractivity contribution in [2.24, 2.45) is 14.1 Å². The molecule has 8 rings (SSSR count). The first-order chi connectivity index (χ1) is 23.4. The minimum atomic E-state index is -0.336. The summed E-state index contributed by atoms with van der Waals surface area (Å²) < 4.78 is 4.16. The molecule has 0 unspecified atom stereocenters. The fourth-order valence-electron chi connectivity index (χ4n) is 6.44. The highest BCUT2D eigenvalue weighted by Gasteiger charge is 2.16. The quantitative estimate of drug-likeness (QED) is 0.117. The molecule has 6 heteroatoms. The van der Waals surface area contributed by atoms with Gasteiger partial charge in [0.1, 0.15) is 0 Å². The Kier molecular flexibility index (Phi) is 8.05. The van der Waals surface area contributed by atoms with Crippen LogP contribution in [0, 0.1) is 10.1 Å². The summed E-state index contributed by atoms with van der Waals surface area (Å²) in [7, 11) is 4.03. The molecule has 0 atom stereocenters. The van der Waals surface area contributed by atoms with Gasteiger partial charge >= 0.3 is 0 Å². The molecule has 234 valence electrons. The van der Waals surface area contributed by atoms with E-state index in [0.29, 0.717) is 0 Å². The van der Waals surface area contributed by atoms with Crippen molar-refractivity contribution in [3.63, 3.8) is 0 Å². The Morgan fingerprint density at radius 2 is 0.938 bits per heavy atom. The predicted molar refractivity (Wildman–Crippen MR) is 199 cm³/mol. The van der Waals surface area contributed by atoms with Crippen LogP contribution in [0.5, 0.6) is 0 Å². The molecule has 6 nitrogen and oxygen atoms in total. The smallest absolute Gasteiger partial charge is 0.270 e. The highest BCUT2D eigenvalue weighted by atomic mass is 16.6. The van der Waals surface area contributed by atoms with Crippen LogP contribution in [0.3, 0.4) is 0 Å². The second-order valence-electron chi connectivity index (χ2n) is 11.9. The summed E-state index contributed by atoms with van der Waals surface area (Å²) in [5, 5.41) is 13.4. The molecule has 0 saturated heterocycles. The monoisotopic (exact) mass is 626 g/mol. The lowest BCUT2D eigenvalue weighted by molar-refractivity contribution is -0.384. The van der Waals surface area contributed by atoms with Gasteiger partial charge in [0.25, 0.3) is 5.69 Å². The third kappa shape index (κ3) is 5.95. The van der Waals surface area contributed by atoms with Gasteiger partial charge in [-0.05, 0) is 69.8 Å². The van der Waals surface area contributed by atoms with Gasteiger partial charge < -0.3 is 14.9 Å². The Morgan fingerprint density at radius 3 is 1.44 bits per heavy atom. The summed E-state index contributed by atoms with van der Waals surface area (Å²) in [5.41, 5.74) is 18.1. The summed E-state index contributed by atoms with van der Waals surface area (Å²) in [5.74, 6) is 0. The lowest BCUT2D eigenvalue weighted by Gasteiger charge is -2.10. The Morgan fingerprint density at radius 1 is 0.500 bits per heavy atom. The Bertz CT molecular complexity index is 2410. The van der Waals surface area contributed by atoms with Gasteiger partial charge in [-0.3, -0.25) is 10.1 Å². The molecule has 48 heavy (non-hydrogen) atoms. The van der Waals surface area contributed by atoms with Gasteiger partial charge in [-0.2, -0.15) is 0 Å². The van der Waals surface area contributed by atoms with Crippen LogP contribution in [0.2, 0.25) is 0 Å². The lowest BCUT2D eigenvalue weighted by Crippen LogP contribution is -1.93. The predicted octanol–water partition coefficient (Wildman–Crippen LogP) is 10.5. The highest BCUT2D eigenvalue weighted by molar-refractivity contribution is 5.98. The first kappa shape index (κ1) is 30.3. The largest absolute Gasteiger partial charge is 0.399 e. The van der Waals surface area contributed by atoms with E-state index in [1.54, 1.807) is 12.1 Å². The standard InChI is InChI=1S/C21H16N2O2.C21H18N2/c1-22-11-10-18-13-19(23(24)25)14-20(21(18)22)17-9-5-8-16(12-17)15-6-3-2-4-7-15;1-23-11-10-18-13-19(22)14-20(21(18)23)17-9-5-8-16(12-17)15-6-3-2-4-7-15/h2-14H,1H3;2-14H,22H2,1H3. The maximum absolute atomic E-state index is 11.3. The Hall–Kier alpha value is -6.40. The number of non-ortho nitro benzene ring substituents is 1. The molecular formula is C42H34N4O2. The number of nitro groups is 1. The van der Waals surface area contributed by atoms with Crippen molar-refractivity contribution in [1.82, 2.24) is 9.13 Å². The van der Waals surface area contributed by atoms with E-state index in [2.05, 4.69) is 103 Å². The summed E-state index contributed by atoms with van der Waals surface area (Å²) >= 11 is 0. The van der Waals surface area contributed by atoms with Crippen LogP contribution in [0.1, 0.15) is 0 Å². The third-order valence-electron chi connectivity index (χ3n) is 8.72. The van der Waals surface area contributed by atoms with E-state index in [1.165, 1.54) is 33.2 Å². The van der Waals surface area contributed by atoms with Crippen LogP contribution in [0.25, 0.3) is 66.3 Å². The van der Waals surface area contributed by atoms with E-state index in [1.807, 2.05) is 66.3 Å². The maximum Gasteiger partial charge on any atom is 0.270 e. The minimum absolute atomic E-state index is 0.110. The number of nitrogens with zero attached hydrogens (tertiary/aromatic N) is 3. The van der Waals surface area contributed by atoms with Crippen LogP contribution in [0.15, 0.2) is 158 Å². The molecule has 0 aliphatic heterocycles. The second-order valence-corrected chi connectivity index (χ2v) is 11.9. The number of aryl methyl sites for hydroxylation is 2. The Labute approximate surface area is 279 Å². The van der Waals surface area contributed by atoms with Crippen LogP contribution in [0.4, 0.5) is 11.4 Å². The van der Waals surface area contributed by atoms with E-state index >= 15 is 0 Å². The Balaban J connectivity index is 0.000000152. The van der Waals surface area contributed by atoms with Crippen molar-refractivity contribution in [3.8, 4) is 44.5 Å². The first-order valence-corrected chi connectivity index (χ1v) is 15.8. The van der Waals surface area contributed by atoms with Crippen molar-refractivity contribution >= 4 is 33.2 Å². The molecule has 0 bridgehead atoms. The summed E-state index contributed by atoms with van der Waals surface area (Å²) in [6, 6.07) is 48.7. The van der Waals surface area contributed by atoms with Crippen molar-refractivity contribution in [2.75, 3.05) is 5.73 Å². The zero-order chi connectivity index (χ0) is 33.2. The van der Waals surface area contributed by atoms with E-state index in [-0.39, 0.29) is 10.6 Å². The number of nitro benzene ring substituents is 1. The summed E-state index contributed by atoms with van der Waals surface area (Å²) in [6.07, 6.45) is 4.01. The number of benzene rings is 6. The average Bonchev–Trinajstić information content (AvgIpc) is 3.70. The first-order valence-electron chi connectivity index (χ1n) is 15.8. The highest BCUT2D eigenvalue weighted by Crippen LogP contribution is 2.36. The number of anilines is 1. The molecule has 0 aliphatic carbocycles. The summed E-state index contributed by atoms with van der Waals surface area (Å²) in [4.78, 5) is 11.0. The molecule has 0 aliphatic rings. The maximum atomic E-state index is 11.3. The third-order valence-corrected chi connectivity index (χ3v) is 8.72. The van der Waals surface area contributed by atoms with Crippen LogP contribution >= 0.6 is 0 Å². The van der Waals surface area contributed by atoms with E-state index in [4.69, 9.17) is 5.73 Å². The van der Waals surface area contributed by atoms with Crippen LogP contribution in [-0.2, 0) is 14.1 Å². The van der Waals surface area contributed by atoms with Crippen LogP contribution in [-0.4, -0.2) is 14.1 Å². The van der Waals surface area contributed by atoms with Gasteiger partial charge in [0.05, 0.1) is 16.0 Å². The van der Waals surface area contributed by atoms with Gasteiger partial charge in [-0.25, -0.2) is 0 Å². The molecule has 0 fully saturated rings. The molecule has 0 amide bonds. The molecule has 0 spiro atoms. The topological polar surface area (TPSA) is 79.0 Å². The van der Waals surface area contributed by atoms with E-state index in [9.17, 15) is 10.1 Å². The molecule has 2 aromatic heterocycles. The van der Waals surface area contributed by atoms with E-state index < -0.39 is 0 Å². The van der Waals surface area contributed by atoms with Crippen molar-refractivity contribution in [1.29, 1.82) is 0 Å². The molecule has 0 saturated carbocycles. The fourth-order valence-corrected chi connectivity index (χ4v) is 6.44. The minimum Gasteiger partial charge on any atom is -0.399 e. The number of hydrogen-bond acceptors (Lipinski definition) is 3. The lowest BCUT2D eigenvalue weighted by atomic mass is 9.97. The average molecular weight is 627 g/mol. The molecule has 2 heterocycles. The van der Waals surface area contributed by atoms with Crippen molar-refractivity contribution < 1.29 is 4.92 Å². The van der Waals surface area contributed by atoms with Crippen molar-refractivity contribution in [3.05, 3.63) is 168 Å². The SMILES string of the molecule is Cn1ccc2cc(N)cc(-c3cccc(-c4ccccc4)c3)c21.Cn1ccc2cc([N+](=O)[O-])cc(-c3cccc(-c4ccccc4)c3)c21. The molecule has 2 N–H and O–H groups in total. The van der Waals surface area contributed by atoms with Crippen molar-refractivity contribution in [2.45, 2.75) is 0 Å². The van der Waals surface area contributed by atoms with E-state index in [0.717, 1.165) is 38.8 Å². The number of nitrogen functional groups attached to an aromatic ring is 1. The number of rotatable bonds is 5. The van der Waals surface area contributed by atoms with Gasteiger partial charge in [0.2, 0.25) is 0 Å². The number of hydrogen-bond donors (Lipinski definition) is 1. The second kappa shape index (κ2) is 12.8. The molecule has 0 radical (unpaired) electrons. The molecular weight excluding hydrogens is 592 g/mol. The number of aromatic nitrogens is 2. The molecule has 8 aromatic rings. The zero-order valence-electron chi connectivity index (χ0n) is 26.7. The van der Waals surface area contributed by atoms with Gasteiger partial charge in [0, 0.05) is 66.2 Å². The van der Waals surface area contributed by atoms with Gasteiger partial charge in [-0.1, -0.05) is 97.1 Å².